The van der Waals surface area contributed by atoms with Gasteiger partial charge in [-0.15, -0.1) is 0 Å². The zero-order chi connectivity index (χ0) is 39.5. The zero-order valence-electron chi connectivity index (χ0n) is 31.4. The number of para-hydroxylation sites is 1. The average molecular weight is 770 g/mol. The first-order valence-corrected chi connectivity index (χ1v) is 19.4. The maximum absolute atomic E-state index is 13.4. The Labute approximate surface area is 328 Å². The van der Waals surface area contributed by atoms with Gasteiger partial charge in [0.15, 0.2) is 5.65 Å². The summed E-state index contributed by atoms with van der Waals surface area (Å²) in [5.74, 6) is -0.172. The number of hydrogen-bond acceptors (Lipinski definition) is 11. The normalized spacial score (nSPS) is 18.2. The van der Waals surface area contributed by atoms with E-state index in [-0.39, 0.29) is 35.9 Å². The number of amides is 5. The van der Waals surface area contributed by atoms with Crippen LogP contribution in [0.25, 0.3) is 22.3 Å². The monoisotopic (exact) mass is 769 g/mol. The predicted molar refractivity (Wildman–Crippen MR) is 211 cm³/mol. The summed E-state index contributed by atoms with van der Waals surface area (Å²) in [6.45, 7) is 1.89. The molecule has 0 aliphatic carbocycles. The van der Waals surface area contributed by atoms with Crippen LogP contribution in [0.5, 0.6) is 11.5 Å². The van der Waals surface area contributed by atoms with Crippen molar-refractivity contribution < 1.29 is 28.7 Å². The second-order valence-electron chi connectivity index (χ2n) is 14.6. The molecule has 3 aromatic carbocycles. The summed E-state index contributed by atoms with van der Waals surface area (Å²) < 4.78 is 7.88. The van der Waals surface area contributed by atoms with Crippen LogP contribution in [-0.2, 0) is 14.4 Å². The number of anilines is 2. The molecular formula is C42H43N9O6. The molecule has 2 aromatic heterocycles. The average Bonchev–Trinajstić information content (AvgIpc) is 3.73. The summed E-state index contributed by atoms with van der Waals surface area (Å²) in [4.78, 5) is 75.1. The number of nitrogen functional groups attached to an aromatic ring is 1. The van der Waals surface area contributed by atoms with E-state index < -0.39 is 29.7 Å². The highest BCUT2D eigenvalue weighted by Gasteiger charge is 2.44. The number of imide groups is 2. The van der Waals surface area contributed by atoms with Crippen molar-refractivity contribution >= 4 is 52.1 Å². The number of carbonyl (C=O) groups is 5. The topological polar surface area (TPSA) is 195 Å². The molecule has 292 valence electrons. The predicted octanol–water partition coefficient (Wildman–Crippen LogP) is 5.50. The van der Waals surface area contributed by atoms with Gasteiger partial charge in [0.1, 0.15) is 35.4 Å². The Balaban J connectivity index is 0.813. The van der Waals surface area contributed by atoms with Gasteiger partial charge in [0.05, 0.1) is 22.6 Å². The van der Waals surface area contributed by atoms with Crippen molar-refractivity contribution in [2.75, 3.05) is 30.7 Å². The van der Waals surface area contributed by atoms with Crippen molar-refractivity contribution in [3.05, 3.63) is 90.3 Å². The van der Waals surface area contributed by atoms with E-state index in [2.05, 4.69) is 20.6 Å². The molecule has 57 heavy (non-hydrogen) atoms. The minimum atomic E-state index is -0.994. The summed E-state index contributed by atoms with van der Waals surface area (Å²) in [5.41, 5.74) is 9.77. The van der Waals surface area contributed by atoms with Crippen LogP contribution in [0.2, 0.25) is 0 Å². The number of rotatable bonds is 13. The number of unbranched alkanes of at least 4 members (excludes halogenated alkanes) is 3. The summed E-state index contributed by atoms with van der Waals surface area (Å²) in [5, 5.41) is 11.2. The molecule has 3 aliphatic rings. The molecule has 0 saturated carbocycles. The number of nitrogens with one attached hydrogen (secondary N) is 2. The number of hydrogen-bond donors (Lipinski definition) is 3. The van der Waals surface area contributed by atoms with Gasteiger partial charge in [-0.2, -0.15) is 5.10 Å². The molecule has 0 spiro atoms. The van der Waals surface area contributed by atoms with E-state index in [0.29, 0.717) is 60.0 Å². The third-order valence-electron chi connectivity index (χ3n) is 10.8. The number of carbonyl (C=O) groups excluding carboxylic acids is 5. The fourth-order valence-electron chi connectivity index (χ4n) is 7.87. The maximum Gasteiger partial charge on any atom is 0.262 e. The molecular weight excluding hydrogens is 727 g/mol. The van der Waals surface area contributed by atoms with Gasteiger partial charge in [0.2, 0.25) is 17.7 Å². The Bertz CT molecular complexity index is 2350. The van der Waals surface area contributed by atoms with Gasteiger partial charge in [-0.3, -0.25) is 34.2 Å². The highest BCUT2D eigenvalue weighted by molar-refractivity contribution is 6.23. The van der Waals surface area contributed by atoms with Crippen LogP contribution in [0.1, 0.15) is 84.5 Å². The highest BCUT2D eigenvalue weighted by atomic mass is 16.5. The smallest absolute Gasteiger partial charge is 0.262 e. The molecule has 5 heterocycles. The maximum atomic E-state index is 13.4. The minimum Gasteiger partial charge on any atom is -0.457 e. The van der Waals surface area contributed by atoms with Gasteiger partial charge in [-0.1, -0.05) is 31.0 Å². The molecule has 1 unspecified atom stereocenters. The van der Waals surface area contributed by atoms with Crippen molar-refractivity contribution in [3.8, 4) is 22.8 Å². The van der Waals surface area contributed by atoms with Crippen LogP contribution in [0.3, 0.4) is 0 Å². The molecule has 4 N–H and O–H groups in total. The second kappa shape index (κ2) is 16.2. The first-order chi connectivity index (χ1) is 27.7. The number of piperidine rings is 2. The lowest BCUT2D eigenvalue weighted by Gasteiger charge is -2.33. The molecule has 8 rings (SSSR count). The number of likely N-dealkylation sites (tertiary alicyclic amines) is 1. The Morgan fingerprint density at radius 1 is 0.877 bits per heavy atom. The molecule has 2 atom stereocenters. The van der Waals surface area contributed by atoms with Gasteiger partial charge in [0.25, 0.3) is 11.8 Å². The molecule has 0 radical (unpaired) electrons. The summed E-state index contributed by atoms with van der Waals surface area (Å²) >= 11 is 0. The van der Waals surface area contributed by atoms with Gasteiger partial charge in [0, 0.05) is 43.7 Å². The van der Waals surface area contributed by atoms with E-state index in [4.69, 9.17) is 15.6 Å². The summed E-state index contributed by atoms with van der Waals surface area (Å²) in [6, 6.07) is 21.2. The van der Waals surface area contributed by atoms with Crippen molar-refractivity contribution in [1.29, 1.82) is 0 Å². The van der Waals surface area contributed by atoms with Crippen molar-refractivity contribution in [1.82, 2.24) is 34.9 Å². The number of nitrogens with two attached hydrogens (primary N) is 1. The van der Waals surface area contributed by atoms with Gasteiger partial charge in [-0.05, 0) is 86.7 Å². The molecule has 3 aliphatic heterocycles. The standard InChI is InChI=1S/C42H43N9O6/c43-38-36-37(26-13-16-30(17-14-26)57-29-10-4-3-5-11-29)48-51(39(36)46-25-45-38)28-9-8-22-49(24-28)35(53)12-6-1-2-7-21-44-27-15-18-31-32(23-27)42(56)50(41(31)55)33-19-20-34(52)47-40(33)54/h3-5,10-11,13-18,23,25,28,33,44H,1-2,6-9,12,19-22,24H2,(H2,43,45,46)(H,47,52,54)/t28-,33?/m1/s1. The zero-order valence-corrected chi connectivity index (χ0v) is 31.4. The van der Waals surface area contributed by atoms with Crippen LogP contribution in [0.4, 0.5) is 11.5 Å². The number of nitrogens with zero attached hydrogens (tertiary/aromatic N) is 6. The van der Waals surface area contributed by atoms with Crippen LogP contribution in [0.15, 0.2) is 79.1 Å². The lowest BCUT2D eigenvalue weighted by atomic mass is 10.0. The lowest BCUT2D eigenvalue weighted by molar-refractivity contribution is -0.136. The Morgan fingerprint density at radius 3 is 2.46 bits per heavy atom. The molecule has 15 heteroatoms. The third kappa shape index (κ3) is 7.77. The molecule has 5 amide bonds. The van der Waals surface area contributed by atoms with Crippen molar-refractivity contribution in [3.63, 3.8) is 0 Å². The van der Waals surface area contributed by atoms with E-state index in [1.807, 2.05) is 64.2 Å². The summed E-state index contributed by atoms with van der Waals surface area (Å²) in [7, 11) is 0. The number of benzene rings is 3. The number of ether oxygens (including phenoxy) is 1. The van der Waals surface area contributed by atoms with Gasteiger partial charge in [-0.25, -0.2) is 14.6 Å². The largest absolute Gasteiger partial charge is 0.457 e. The lowest BCUT2D eigenvalue weighted by Crippen LogP contribution is -2.54. The summed E-state index contributed by atoms with van der Waals surface area (Å²) in [6.07, 6.45) is 7.24. The molecule has 2 fully saturated rings. The fraction of sp³-hybridized carbons (Fsp3) is 0.333. The Hall–Kier alpha value is -6.64. The molecule has 2 saturated heterocycles. The SMILES string of the molecule is Nc1ncnc2c1c(-c1ccc(Oc3ccccc3)cc1)nn2[C@@H]1CCCN(C(=O)CCCCCCNc2ccc3c(c2)C(=O)N(C2CCC(=O)NC2=O)C3=O)C1. The van der Waals surface area contributed by atoms with Gasteiger partial charge < -0.3 is 20.7 Å². The number of fused-ring (bicyclic) bond motifs is 2. The van der Waals surface area contributed by atoms with Crippen LogP contribution < -0.4 is 21.1 Å². The van der Waals surface area contributed by atoms with E-state index in [1.54, 1.807) is 18.2 Å². The van der Waals surface area contributed by atoms with E-state index in [9.17, 15) is 24.0 Å². The van der Waals surface area contributed by atoms with Crippen LogP contribution in [0, 0.1) is 0 Å². The van der Waals surface area contributed by atoms with Crippen LogP contribution >= 0.6 is 0 Å². The third-order valence-corrected chi connectivity index (χ3v) is 10.8. The first kappa shape index (κ1) is 37.3. The van der Waals surface area contributed by atoms with E-state index in [1.165, 1.54) is 6.33 Å². The fourth-order valence-corrected chi connectivity index (χ4v) is 7.87. The highest BCUT2D eigenvalue weighted by Crippen LogP contribution is 2.35. The Morgan fingerprint density at radius 2 is 1.65 bits per heavy atom. The van der Waals surface area contributed by atoms with E-state index in [0.717, 1.165) is 54.7 Å². The quantitative estimate of drug-likeness (QED) is 0.101. The minimum absolute atomic E-state index is 0.0619. The molecule has 5 aromatic rings. The van der Waals surface area contributed by atoms with E-state index >= 15 is 0 Å². The van der Waals surface area contributed by atoms with Crippen molar-refractivity contribution in [2.45, 2.75) is 69.9 Å². The number of aromatic nitrogens is 4. The second-order valence-corrected chi connectivity index (χ2v) is 14.6. The first-order valence-electron chi connectivity index (χ1n) is 19.4. The van der Waals surface area contributed by atoms with Crippen molar-refractivity contribution in [2.24, 2.45) is 0 Å². The van der Waals surface area contributed by atoms with Gasteiger partial charge >= 0.3 is 0 Å². The Kier molecular flexibility index (Phi) is 10.6. The van der Waals surface area contributed by atoms with Crippen LogP contribution in [-0.4, -0.2) is 84.8 Å². The molecule has 15 nitrogen and oxygen atoms in total. The molecule has 0 bridgehead atoms.